The molecule has 1 heterocycles. The number of benzene rings is 1. The van der Waals surface area contributed by atoms with E-state index in [0.29, 0.717) is 24.4 Å². The van der Waals surface area contributed by atoms with Crippen molar-refractivity contribution in [2.24, 2.45) is 0 Å². The number of carbonyl (C=O) groups excluding carboxylic acids is 1. The Kier molecular flexibility index (Phi) is 5.25. The Morgan fingerprint density at radius 1 is 1.00 bits per heavy atom. The average Bonchev–Trinajstić information content (AvgIpc) is 2.43. The predicted octanol–water partition coefficient (Wildman–Crippen LogP) is 4.24. The lowest BCUT2D eigenvalue weighted by atomic mass is 9.78. The van der Waals surface area contributed by atoms with E-state index in [1.165, 1.54) is 0 Å². The molecule has 1 N–H and O–H groups in total. The fourth-order valence-corrected chi connectivity index (χ4v) is 3.43. The summed E-state index contributed by atoms with van der Waals surface area (Å²) < 4.78 is 5.74. The van der Waals surface area contributed by atoms with E-state index in [4.69, 9.17) is 4.74 Å². The van der Waals surface area contributed by atoms with Gasteiger partial charge in [0.2, 0.25) is 0 Å². The molecule has 1 aromatic rings. The van der Waals surface area contributed by atoms with Gasteiger partial charge in [-0.15, -0.1) is 0 Å². The number of ether oxygens (including phenoxy) is 1. The number of rotatable bonds is 1. The monoisotopic (exact) mass is 347 g/mol. The standard InChI is InChI=1S/C21H33NO3/c1-13-11-22(12-14(2)25-13)19(24)15-9-16(20(3,4)5)18(23)17(10-15)21(6,7)8/h9-10,13-14,23H,11-12H2,1-8H3/t13-,14+. The predicted molar refractivity (Wildman–Crippen MR) is 101 cm³/mol. The summed E-state index contributed by atoms with van der Waals surface area (Å²) in [6.45, 7) is 17.5. The van der Waals surface area contributed by atoms with Crippen LogP contribution in [-0.4, -0.2) is 41.2 Å². The number of hydrogen-bond acceptors (Lipinski definition) is 3. The zero-order chi connectivity index (χ0) is 19.2. The molecule has 1 saturated heterocycles. The third-order valence-corrected chi connectivity index (χ3v) is 4.68. The summed E-state index contributed by atoms with van der Waals surface area (Å²) in [5, 5.41) is 10.8. The maximum Gasteiger partial charge on any atom is 0.254 e. The maximum absolute atomic E-state index is 13.1. The quantitative estimate of drug-likeness (QED) is 0.827. The van der Waals surface area contributed by atoms with Crippen molar-refractivity contribution in [3.05, 3.63) is 28.8 Å². The number of hydrogen-bond donors (Lipinski definition) is 1. The molecular formula is C21H33NO3. The van der Waals surface area contributed by atoms with Gasteiger partial charge in [-0.05, 0) is 36.8 Å². The molecule has 0 saturated carbocycles. The second-order valence-electron chi connectivity index (χ2n) is 9.39. The first-order valence-electron chi connectivity index (χ1n) is 9.13. The fraction of sp³-hybridized carbons (Fsp3) is 0.667. The summed E-state index contributed by atoms with van der Waals surface area (Å²) in [5.41, 5.74) is 1.79. The summed E-state index contributed by atoms with van der Waals surface area (Å²) in [6.07, 6.45) is 0.0722. The van der Waals surface area contributed by atoms with E-state index in [1.807, 2.05) is 30.9 Å². The molecule has 1 fully saturated rings. The zero-order valence-corrected chi connectivity index (χ0v) is 16.9. The van der Waals surface area contributed by atoms with Gasteiger partial charge in [0.05, 0.1) is 12.2 Å². The van der Waals surface area contributed by atoms with Gasteiger partial charge < -0.3 is 14.7 Å². The molecule has 1 aliphatic heterocycles. The summed E-state index contributed by atoms with van der Waals surface area (Å²) in [4.78, 5) is 15.0. The van der Waals surface area contributed by atoms with Crippen LogP contribution >= 0.6 is 0 Å². The van der Waals surface area contributed by atoms with Crippen LogP contribution in [0.5, 0.6) is 5.75 Å². The first-order valence-corrected chi connectivity index (χ1v) is 9.13. The number of nitrogens with zero attached hydrogens (tertiary/aromatic N) is 1. The molecule has 0 aliphatic carbocycles. The Bertz CT molecular complexity index is 607. The summed E-state index contributed by atoms with van der Waals surface area (Å²) in [7, 11) is 0. The highest BCUT2D eigenvalue weighted by Gasteiger charge is 2.31. The van der Waals surface area contributed by atoms with Crippen LogP contribution in [0, 0.1) is 0 Å². The van der Waals surface area contributed by atoms with Gasteiger partial charge in [0, 0.05) is 29.8 Å². The van der Waals surface area contributed by atoms with Gasteiger partial charge >= 0.3 is 0 Å². The molecule has 1 amide bonds. The minimum atomic E-state index is -0.244. The topological polar surface area (TPSA) is 49.8 Å². The highest BCUT2D eigenvalue weighted by atomic mass is 16.5. The Morgan fingerprint density at radius 3 is 1.76 bits per heavy atom. The number of phenolic OH excluding ortho intramolecular Hbond substituents is 1. The minimum Gasteiger partial charge on any atom is -0.507 e. The van der Waals surface area contributed by atoms with E-state index in [9.17, 15) is 9.90 Å². The summed E-state index contributed by atoms with van der Waals surface area (Å²) >= 11 is 0. The van der Waals surface area contributed by atoms with Gasteiger partial charge in [-0.2, -0.15) is 0 Å². The van der Waals surface area contributed by atoms with Crippen molar-refractivity contribution < 1.29 is 14.6 Å². The van der Waals surface area contributed by atoms with Crippen molar-refractivity contribution in [3.63, 3.8) is 0 Å². The molecule has 0 radical (unpaired) electrons. The second-order valence-corrected chi connectivity index (χ2v) is 9.39. The third kappa shape index (κ3) is 4.35. The molecule has 4 nitrogen and oxygen atoms in total. The lowest BCUT2D eigenvalue weighted by Gasteiger charge is -2.36. The second kappa shape index (κ2) is 6.64. The van der Waals surface area contributed by atoms with E-state index in [-0.39, 0.29) is 28.9 Å². The van der Waals surface area contributed by atoms with Crippen LogP contribution in [0.15, 0.2) is 12.1 Å². The lowest BCUT2D eigenvalue weighted by molar-refractivity contribution is -0.0586. The molecule has 25 heavy (non-hydrogen) atoms. The molecule has 0 unspecified atom stereocenters. The van der Waals surface area contributed by atoms with Crippen molar-refractivity contribution in [3.8, 4) is 5.75 Å². The van der Waals surface area contributed by atoms with E-state index >= 15 is 0 Å². The van der Waals surface area contributed by atoms with Gasteiger partial charge in [-0.1, -0.05) is 41.5 Å². The van der Waals surface area contributed by atoms with Crippen LogP contribution in [0.3, 0.4) is 0 Å². The zero-order valence-electron chi connectivity index (χ0n) is 16.9. The van der Waals surface area contributed by atoms with Crippen molar-refractivity contribution in [2.75, 3.05) is 13.1 Å². The highest BCUT2D eigenvalue weighted by Crippen LogP contribution is 2.40. The number of morpholine rings is 1. The van der Waals surface area contributed by atoms with Gasteiger partial charge in [-0.25, -0.2) is 0 Å². The van der Waals surface area contributed by atoms with Crippen LogP contribution in [0.2, 0.25) is 0 Å². The van der Waals surface area contributed by atoms with E-state index in [0.717, 1.165) is 11.1 Å². The lowest BCUT2D eigenvalue weighted by Crippen LogP contribution is -2.48. The molecule has 1 aliphatic rings. The van der Waals surface area contributed by atoms with Gasteiger partial charge in [0.1, 0.15) is 5.75 Å². The molecule has 0 bridgehead atoms. The van der Waals surface area contributed by atoms with E-state index in [1.54, 1.807) is 0 Å². The number of carbonyl (C=O) groups is 1. The summed E-state index contributed by atoms with van der Waals surface area (Å²) in [6, 6.07) is 3.72. The van der Waals surface area contributed by atoms with Crippen molar-refractivity contribution in [1.82, 2.24) is 4.90 Å². The molecule has 140 valence electrons. The van der Waals surface area contributed by atoms with Crippen molar-refractivity contribution >= 4 is 5.91 Å². The Hall–Kier alpha value is -1.55. The van der Waals surface area contributed by atoms with Crippen molar-refractivity contribution in [1.29, 1.82) is 0 Å². The molecule has 4 heteroatoms. The largest absolute Gasteiger partial charge is 0.507 e. The summed E-state index contributed by atoms with van der Waals surface area (Å²) in [5.74, 6) is 0.318. The third-order valence-electron chi connectivity index (χ3n) is 4.68. The molecule has 0 spiro atoms. The molecular weight excluding hydrogens is 314 g/mol. The van der Waals surface area contributed by atoms with E-state index < -0.39 is 0 Å². The normalized spacial score (nSPS) is 22.2. The molecule has 0 aromatic heterocycles. The van der Waals surface area contributed by atoms with Crippen LogP contribution in [0.4, 0.5) is 0 Å². The highest BCUT2D eigenvalue weighted by molar-refractivity contribution is 5.95. The Morgan fingerprint density at radius 2 is 1.40 bits per heavy atom. The number of aromatic hydroxyl groups is 1. The first-order chi connectivity index (χ1) is 11.3. The number of amides is 1. The van der Waals surface area contributed by atoms with Crippen LogP contribution < -0.4 is 0 Å². The molecule has 2 rings (SSSR count). The first kappa shape index (κ1) is 19.8. The SMILES string of the molecule is C[C@@H]1CN(C(=O)c2cc(C(C)(C)C)c(O)c(C(C)(C)C)c2)C[C@H](C)O1. The van der Waals surface area contributed by atoms with Crippen molar-refractivity contribution in [2.45, 2.75) is 78.4 Å². The van der Waals surface area contributed by atoms with Gasteiger partial charge in [0.15, 0.2) is 0 Å². The smallest absolute Gasteiger partial charge is 0.254 e. The average molecular weight is 347 g/mol. The fourth-order valence-electron chi connectivity index (χ4n) is 3.43. The Balaban J connectivity index is 2.52. The van der Waals surface area contributed by atoms with Gasteiger partial charge in [0.25, 0.3) is 5.91 Å². The molecule has 1 aromatic carbocycles. The molecule has 2 atom stereocenters. The van der Waals surface area contributed by atoms with Gasteiger partial charge in [-0.3, -0.25) is 4.79 Å². The Labute approximate surface area is 152 Å². The van der Waals surface area contributed by atoms with E-state index in [2.05, 4.69) is 41.5 Å². The minimum absolute atomic E-state index is 0.0120. The van der Waals surface area contributed by atoms with Crippen LogP contribution in [0.1, 0.15) is 76.9 Å². The van der Waals surface area contributed by atoms with Crippen LogP contribution in [0.25, 0.3) is 0 Å². The van der Waals surface area contributed by atoms with Crippen LogP contribution in [-0.2, 0) is 15.6 Å². The number of phenols is 1. The maximum atomic E-state index is 13.1.